The molecule has 0 unspecified atom stereocenters. The number of hydrogen-bond acceptors (Lipinski definition) is 6. The van der Waals surface area contributed by atoms with Crippen LogP contribution in [0.15, 0.2) is 65.3 Å². The van der Waals surface area contributed by atoms with Gasteiger partial charge in [-0.25, -0.2) is 0 Å². The van der Waals surface area contributed by atoms with E-state index in [1.54, 1.807) is 14.5 Å². The maximum atomic E-state index is 13.8. The Hall–Kier alpha value is -3.34. The van der Waals surface area contributed by atoms with E-state index in [9.17, 15) is 14.7 Å². The molecule has 0 aliphatic carbocycles. The average molecular weight is 595 g/mol. The highest BCUT2D eigenvalue weighted by Crippen LogP contribution is 2.46. The molecular formula is C29H32BrN5O4. The molecule has 0 spiro atoms. The molecule has 2 aromatic carbocycles. The van der Waals surface area contributed by atoms with Crippen LogP contribution in [-0.4, -0.2) is 50.2 Å². The molecule has 5 rings (SSSR count). The van der Waals surface area contributed by atoms with Gasteiger partial charge in [0.1, 0.15) is 0 Å². The summed E-state index contributed by atoms with van der Waals surface area (Å²) in [4.78, 5) is 29.3. The van der Waals surface area contributed by atoms with Crippen LogP contribution in [0.4, 0.5) is 11.4 Å². The van der Waals surface area contributed by atoms with Crippen molar-refractivity contribution in [3.05, 3.63) is 82.1 Å². The minimum Gasteiger partial charge on any atom is -0.396 e. The standard InChI is InChI=1S/C29H32BrN5O4/c1-20(5-2-3-14-33-19-23(13-16-36)31-32-33)29(39)25-17-22(30)9-12-26(25)35(28(29)38)18-21-7-10-24(11-8-21)34-15-4-6-27(34)37/h2,5,7-12,17,19-20,36,39H,3-4,6,13-16,18H2,1H3/b5-2+/t20-,29+/m0/s1. The molecule has 1 fully saturated rings. The third kappa shape index (κ3) is 5.41. The van der Waals surface area contributed by atoms with Crippen molar-refractivity contribution in [2.75, 3.05) is 23.0 Å². The molecule has 3 aromatic rings. The van der Waals surface area contributed by atoms with E-state index in [0.29, 0.717) is 43.6 Å². The van der Waals surface area contributed by atoms with Crippen LogP contribution in [0.5, 0.6) is 0 Å². The first-order chi connectivity index (χ1) is 18.8. The number of allylic oxidation sites excluding steroid dienone is 1. The van der Waals surface area contributed by atoms with Crippen LogP contribution in [0.25, 0.3) is 0 Å². The monoisotopic (exact) mass is 593 g/mol. The smallest absolute Gasteiger partial charge is 0.264 e. The highest BCUT2D eigenvalue weighted by Gasteiger charge is 2.52. The maximum Gasteiger partial charge on any atom is 0.264 e. The number of amides is 2. The lowest BCUT2D eigenvalue weighted by molar-refractivity contribution is -0.139. The van der Waals surface area contributed by atoms with Gasteiger partial charge >= 0.3 is 0 Å². The number of carbonyl (C=O) groups is 2. The summed E-state index contributed by atoms with van der Waals surface area (Å²) in [5.41, 5.74) is 2.06. The fraction of sp³-hybridized carbons (Fsp3) is 0.379. The Labute approximate surface area is 235 Å². The molecule has 9 nitrogen and oxygen atoms in total. The Balaban J connectivity index is 1.31. The molecule has 3 heterocycles. The lowest BCUT2D eigenvalue weighted by Gasteiger charge is -2.28. The van der Waals surface area contributed by atoms with Crippen molar-refractivity contribution in [1.82, 2.24) is 15.0 Å². The first-order valence-electron chi connectivity index (χ1n) is 13.2. The summed E-state index contributed by atoms with van der Waals surface area (Å²) < 4.78 is 2.50. The Bertz CT molecular complexity index is 1390. The van der Waals surface area contributed by atoms with Crippen LogP contribution < -0.4 is 9.80 Å². The number of benzene rings is 2. The van der Waals surface area contributed by atoms with E-state index in [1.807, 2.05) is 67.7 Å². The fourth-order valence-electron chi connectivity index (χ4n) is 5.28. The van der Waals surface area contributed by atoms with Gasteiger partial charge in [0.05, 0.1) is 17.9 Å². The second-order valence-electron chi connectivity index (χ2n) is 10.1. The largest absolute Gasteiger partial charge is 0.396 e. The Kier molecular flexibility index (Phi) is 7.97. The van der Waals surface area contributed by atoms with Crippen molar-refractivity contribution in [2.24, 2.45) is 5.92 Å². The minimum absolute atomic E-state index is 0.0300. The van der Waals surface area contributed by atoms with Crippen molar-refractivity contribution in [2.45, 2.75) is 51.3 Å². The molecule has 10 heteroatoms. The van der Waals surface area contributed by atoms with Gasteiger partial charge in [0, 0.05) is 60.4 Å². The summed E-state index contributed by atoms with van der Waals surface area (Å²) in [6, 6.07) is 13.3. The number of rotatable bonds is 10. The molecule has 2 aliphatic heterocycles. The zero-order valence-electron chi connectivity index (χ0n) is 21.8. The average Bonchev–Trinajstić information content (AvgIpc) is 3.62. The number of aryl methyl sites for hydroxylation is 1. The zero-order valence-corrected chi connectivity index (χ0v) is 23.4. The molecule has 39 heavy (non-hydrogen) atoms. The number of halogens is 1. The molecule has 0 radical (unpaired) electrons. The van der Waals surface area contributed by atoms with Crippen molar-refractivity contribution >= 4 is 39.1 Å². The van der Waals surface area contributed by atoms with Crippen LogP contribution in [0.1, 0.15) is 43.0 Å². The van der Waals surface area contributed by atoms with E-state index in [1.165, 1.54) is 0 Å². The number of aliphatic hydroxyl groups is 2. The molecule has 204 valence electrons. The van der Waals surface area contributed by atoms with Gasteiger partial charge in [-0.3, -0.25) is 14.3 Å². The van der Waals surface area contributed by atoms with Crippen molar-refractivity contribution in [1.29, 1.82) is 0 Å². The van der Waals surface area contributed by atoms with E-state index in [-0.39, 0.29) is 18.4 Å². The molecule has 2 atom stereocenters. The van der Waals surface area contributed by atoms with Crippen LogP contribution in [0.3, 0.4) is 0 Å². The normalized spacial score (nSPS) is 19.9. The van der Waals surface area contributed by atoms with Gasteiger partial charge in [-0.2, -0.15) is 0 Å². The summed E-state index contributed by atoms with van der Waals surface area (Å²) in [5.74, 6) is -0.708. The summed E-state index contributed by atoms with van der Waals surface area (Å²) in [5, 5.41) is 29.0. The Morgan fingerprint density at radius 3 is 2.69 bits per heavy atom. The molecule has 2 amide bonds. The van der Waals surface area contributed by atoms with Crippen LogP contribution in [-0.2, 0) is 34.7 Å². The minimum atomic E-state index is -1.71. The first kappa shape index (κ1) is 27.2. The van der Waals surface area contributed by atoms with Crippen molar-refractivity contribution in [3.8, 4) is 0 Å². The SMILES string of the molecule is C[C@@H](/C=C/CCn1cc(CCO)nn1)[C@]1(O)C(=O)N(Cc2ccc(N3CCCC3=O)cc2)c2ccc(Br)cc21. The molecule has 2 N–H and O–H groups in total. The zero-order chi connectivity index (χ0) is 27.6. The van der Waals surface area contributed by atoms with Crippen molar-refractivity contribution < 1.29 is 19.8 Å². The first-order valence-corrected chi connectivity index (χ1v) is 14.0. The van der Waals surface area contributed by atoms with Gasteiger partial charge in [-0.05, 0) is 48.7 Å². The van der Waals surface area contributed by atoms with Crippen LogP contribution in [0.2, 0.25) is 0 Å². The van der Waals surface area contributed by atoms with E-state index < -0.39 is 11.5 Å². The van der Waals surface area contributed by atoms with Gasteiger partial charge in [0.15, 0.2) is 5.60 Å². The second kappa shape index (κ2) is 11.4. The molecular weight excluding hydrogens is 562 g/mol. The summed E-state index contributed by atoms with van der Waals surface area (Å²) >= 11 is 3.50. The van der Waals surface area contributed by atoms with Crippen LogP contribution in [0, 0.1) is 5.92 Å². The number of anilines is 2. The third-order valence-electron chi connectivity index (χ3n) is 7.46. The lowest BCUT2D eigenvalue weighted by Crippen LogP contribution is -2.44. The number of aliphatic hydroxyl groups excluding tert-OH is 1. The van der Waals surface area contributed by atoms with E-state index in [0.717, 1.165) is 34.4 Å². The number of carbonyl (C=O) groups excluding carboxylic acids is 2. The highest BCUT2D eigenvalue weighted by atomic mass is 79.9. The predicted molar refractivity (Wildman–Crippen MR) is 151 cm³/mol. The number of nitrogens with zero attached hydrogens (tertiary/aromatic N) is 5. The number of fused-ring (bicyclic) bond motifs is 1. The summed E-state index contributed by atoms with van der Waals surface area (Å²) in [7, 11) is 0. The molecule has 0 saturated carbocycles. The quantitative estimate of drug-likeness (QED) is 0.346. The maximum absolute atomic E-state index is 13.8. The van der Waals surface area contributed by atoms with Gasteiger partial charge in [-0.15, -0.1) is 5.10 Å². The van der Waals surface area contributed by atoms with Gasteiger partial charge in [0.2, 0.25) is 5.91 Å². The number of hydrogen-bond donors (Lipinski definition) is 2. The summed E-state index contributed by atoms with van der Waals surface area (Å²) in [6.45, 7) is 3.51. The van der Waals surface area contributed by atoms with Gasteiger partial charge in [-0.1, -0.05) is 52.4 Å². The fourth-order valence-corrected chi connectivity index (χ4v) is 5.65. The molecule has 2 aliphatic rings. The van der Waals surface area contributed by atoms with Gasteiger partial charge < -0.3 is 20.0 Å². The lowest BCUT2D eigenvalue weighted by atomic mass is 9.83. The van der Waals surface area contributed by atoms with Crippen LogP contribution >= 0.6 is 15.9 Å². The highest BCUT2D eigenvalue weighted by molar-refractivity contribution is 9.10. The van der Waals surface area contributed by atoms with E-state index >= 15 is 0 Å². The second-order valence-corrected chi connectivity index (χ2v) is 11.0. The Morgan fingerprint density at radius 2 is 1.97 bits per heavy atom. The molecule has 1 saturated heterocycles. The summed E-state index contributed by atoms with van der Waals surface area (Å²) in [6.07, 6.45) is 8.19. The van der Waals surface area contributed by atoms with Crippen molar-refractivity contribution in [3.63, 3.8) is 0 Å². The van der Waals surface area contributed by atoms with E-state index in [2.05, 4.69) is 26.2 Å². The molecule has 1 aromatic heterocycles. The topological polar surface area (TPSA) is 112 Å². The van der Waals surface area contributed by atoms with Gasteiger partial charge in [0.25, 0.3) is 5.91 Å². The third-order valence-corrected chi connectivity index (χ3v) is 7.95. The molecule has 0 bridgehead atoms. The Morgan fingerprint density at radius 1 is 1.18 bits per heavy atom. The van der Waals surface area contributed by atoms with E-state index in [4.69, 9.17) is 5.11 Å². The number of aromatic nitrogens is 3. The predicted octanol–water partition coefficient (Wildman–Crippen LogP) is 3.72.